The quantitative estimate of drug-likeness (QED) is 0.800. The van der Waals surface area contributed by atoms with Gasteiger partial charge in [-0.3, -0.25) is 0 Å². The Morgan fingerprint density at radius 1 is 0.958 bits per heavy atom. The van der Waals surface area contributed by atoms with Crippen LogP contribution in [0.1, 0.15) is 23.4 Å². The smallest absolute Gasteiger partial charge is 0.408 e. The van der Waals surface area contributed by atoms with Gasteiger partial charge in [0.2, 0.25) is 0 Å². The molecule has 1 aromatic heterocycles. The zero-order chi connectivity index (χ0) is 16.4. The number of aromatic nitrogens is 2. The molecule has 3 aromatic rings. The maximum Gasteiger partial charge on any atom is 0.408 e. The van der Waals surface area contributed by atoms with Gasteiger partial charge in [0.05, 0.1) is 5.69 Å². The van der Waals surface area contributed by atoms with Crippen LogP contribution in [0.25, 0.3) is 11.1 Å². The zero-order valence-corrected chi connectivity index (χ0v) is 12.8. The zero-order valence-electron chi connectivity index (χ0n) is 12.8. The van der Waals surface area contributed by atoms with Crippen molar-refractivity contribution in [1.82, 2.24) is 15.3 Å². The van der Waals surface area contributed by atoms with Gasteiger partial charge in [-0.25, -0.2) is 14.8 Å². The average molecular weight is 317 g/mol. The number of benzene rings is 2. The maximum atomic E-state index is 11.8. The van der Waals surface area contributed by atoms with Gasteiger partial charge in [-0.15, -0.1) is 0 Å². The third-order valence-electron chi connectivity index (χ3n) is 4.06. The van der Waals surface area contributed by atoms with Crippen LogP contribution in [0.5, 0.6) is 0 Å². The van der Waals surface area contributed by atoms with Crippen molar-refractivity contribution in [3.05, 3.63) is 84.4 Å². The first-order valence-corrected chi connectivity index (χ1v) is 7.70. The van der Waals surface area contributed by atoms with E-state index < -0.39 is 12.2 Å². The Kier molecular flexibility index (Phi) is 3.67. The summed E-state index contributed by atoms with van der Waals surface area (Å²) in [6, 6.07) is 19.7. The van der Waals surface area contributed by atoms with Crippen molar-refractivity contribution in [3.8, 4) is 11.1 Å². The first-order chi connectivity index (χ1) is 11.8. The lowest BCUT2D eigenvalue weighted by atomic mass is 9.96. The minimum atomic E-state index is -0.466. The number of amides is 1. The van der Waals surface area contributed by atoms with E-state index in [2.05, 4.69) is 39.6 Å². The minimum absolute atomic E-state index is 0.281. The van der Waals surface area contributed by atoms with E-state index in [1.54, 1.807) is 12.3 Å². The van der Waals surface area contributed by atoms with Gasteiger partial charge < -0.3 is 10.1 Å². The highest BCUT2D eigenvalue weighted by Gasteiger charge is 2.37. The van der Waals surface area contributed by atoms with Crippen molar-refractivity contribution < 1.29 is 9.53 Å². The molecule has 118 valence electrons. The molecule has 2 aromatic carbocycles. The number of cyclic esters (lactones) is 1. The molecule has 24 heavy (non-hydrogen) atoms. The van der Waals surface area contributed by atoms with E-state index in [4.69, 9.17) is 4.74 Å². The number of ether oxygens (including phenoxy) is 1. The summed E-state index contributed by atoms with van der Waals surface area (Å²) in [6.45, 7) is 0. The highest BCUT2D eigenvalue weighted by molar-refractivity contribution is 5.72. The molecular weight excluding hydrogens is 302 g/mol. The maximum absolute atomic E-state index is 11.8. The SMILES string of the molecule is O=C1N[C@H](c2cccc(-c3ccccc3)c2)[C@@H](c2ccncn2)O1. The van der Waals surface area contributed by atoms with Crippen molar-refractivity contribution in [3.63, 3.8) is 0 Å². The number of carbonyl (C=O) groups excluding carboxylic acids is 1. The number of rotatable bonds is 3. The molecule has 4 rings (SSSR count). The highest BCUT2D eigenvalue weighted by Crippen LogP contribution is 2.36. The second-order valence-corrected chi connectivity index (χ2v) is 5.57. The summed E-state index contributed by atoms with van der Waals surface area (Å²) in [4.78, 5) is 19.9. The molecule has 0 unspecified atom stereocenters. The Balaban J connectivity index is 1.71. The topological polar surface area (TPSA) is 64.1 Å². The number of nitrogens with one attached hydrogen (secondary N) is 1. The van der Waals surface area contributed by atoms with Gasteiger partial charge in [-0.1, -0.05) is 48.5 Å². The second kappa shape index (κ2) is 6.12. The molecule has 5 nitrogen and oxygen atoms in total. The lowest BCUT2D eigenvalue weighted by Gasteiger charge is -2.17. The van der Waals surface area contributed by atoms with Crippen LogP contribution in [0.2, 0.25) is 0 Å². The van der Waals surface area contributed by atoms with Crippen LogP contribution in [0.3, 0.4) is 0 Å². The summed E-state index contributed by atoms with van der Waals surface area (Å²) in [5.74, 6) is 0. The van der Waals surface area contributed by atoms with E-state index in [-0.39, 0.29) is 6.04 Å². The second-order valence-electron chi connectivity index (χ2n) is 5.57. The number of carbonyl (C=O) groups is 1. The first-order valence-electron chi connectivity index (χ1n) is 7.70. The first kappa shape index (κ1) is 14.4. The molecule has 1 aliphatic rings. The van der Waals surface area contributed by atoms with E-state index in [1.165, 1.54) is 6.33 Å². The van der Waals surface area contributed by atoms with E-state index >= 15 is 0 Å². The summed E-state index contributed by atoms with van der Waals surface area (Å²) in [5.41, 5.74) is 3.88. The van der Waals surface area contributed by atoms with Crippen molar-refractivity contribution >= 4 is 6.09 Å². The van der Waals surface area contributed by atoms with Crippen molar-refractivity contribution in [1.29, 1.82) is 0 Å². The monoisotopic (exact) mass is 317 g/mol. The molecule has 1 amide bonds. The molecule has 0 bridgehead atoms. The number of hydrogen-bond acceptors (Lipinski definition) is 4. The van der Waals surface area contributed by atoms with Crippen LogP contribution in [-0.4, -0.2) is 16.1 Å². The van der Waals surface area contributed by atoms with Crippen LogP contribution < -0.4 is 5.32 Å². The molecule has 2 heterocycles. The van der Waals surface area contributed by atoms with Crippen LogP contribution in [0.4, 0.5) is 4.79 Å². The Hall–Kier alpha value is -3.21. The Morgan fingerprint density at radius 3 is 2.58 bits per heavy atom. The van der Waals surface area contributed by atoms with E-state index in [0.717, 1.165) is 16.7 Å². The number of alkyl carbamates (subject to hydrolysis) is 1. The predicted octanol–water partition coefficient (Wildman–Crippen LogP) is 3.67. The van der Waals surface area contributed by atoms with Crippen LogP contribution in [-0.2, 0) is 4.74 Å². The van der Waals surface area contributed by atoms with E-state index in [9.17, 15) is 4.79 Å². The van der Waals surface area contributed by atoms with Crippen LogP contribution in [0.15, 0.2) is 73.2 Å². The largest absolute Gasteiger partial charge is 0.437 e. The molecule has 0 aliphatic carbocycles. The summed E-state index contributed by atoms with van der Waals surface area (Å²) in [6.07, 6.45) is 2.20. The molecule has 0 radical (unpaired) electrons. The molecule has 1 N–H and O–H groups in total. The van der Waals surface area contributed by atoms with Gasteiger partial charge in [0.15, 0.2) is 6.10 Å². The van der Waals surface area contributed by atoms with Crippen LogP contribution >= 0.6 is 0 Å². The standard InChI is InChI=1S/C19H15N3O2/c23-19-22-17(18(24-19)16-9-10-20-12-21-16)15-8-4-7-14(11-15)13-5-2-1-3-6-13/h1-12,17-18H,(H,22,23)/t17-,18-/m1/s1. The van der Waals surface area contributed by atoms with E-state index in [0.29, 0.717) is 5.69 Å². The normalized spacial score (nSPS) is 19.6. The van der Waals surface area contributed by atoms with Crippen molar-refractivity contribution in [2.24, 2.45) is 0 Å². The summed E-state index contributed by atoms with van der Waals surface area (Å²) < 4.78 is 5.42. The average Bonchev–Trinajstić information content (AvgIpc) is 3.05. The molecule has 1 saturated heterocycles. The molecule has 2 atom stereocenters. The number of nitrogens with zero attached hydrogens (tertiary/aromatic N) is 2. The Morgan fingerprint density at radius 2 is 1.79 bits per heavy atom. The molecule has 1 aliphatic heterocycles. The fourth-order valence-corrected chi connectivity index (χ4v) is 2.92. The third kappa shape index (κ3) is 2.72. The third-order valence-corrected chi connectivity index (χ3v) is 4.06. The minimum Gasteiger partial charge on any atom is -0.437 e. The van der Waals surface area contributed by atoms with Gasteiger partial charge in [0, 0.05) is 6.20 Å². The molecule has 5 heteroatoms. The van der Waals surface area contributed by atoms with Gasteiger partial charge in [-0.2, -0.15) is 0 Å². The molecule has 1 fully saturated rings. The summed E-state index contributed by atoms with van der Waals surface area (Å²) in [7, 11) is 0. The van der Waals surface area contributed by atoms with Crippen LogP contribution in [0, 0.1) is 0 Å². The van der Waals surface area contributed by atoms with E-state index in [1.807, 2.05) is 30.3 Å². The van der Waals surface area contributed by atoms with Gasteiger partial charge in [-0.05, 0) is 28.8 Å². The predicted molar refractivity (Wildman–Crippen MR) is 89.0 cm³/mol. The van der Waals surface area contributed by atoms with Gasteiger partial charge in [0.25, 0.3) is 0 Å². The Bertz CT molecular complexity index is 853. The van der Waals surface area contributed by atoms with Gasteiger partial charge >= 0.3 is 6.09 Å². The summed E-state index contributed by atoms with van der Waals surface area (Å²) >= 11 is 0. The molecule has 0 spiro atoms. The van der Waals surface area contributed by atoms with Crippen molar-refractivity contribution in [2.45, 2.75) is 12.1 Å². The lowest BCUT2D eigenvalue weighted by molar-refractivity contribution is 0.129. The molecular formula is C19H15N3O2. The van der Waals surface area contributed by atoms with Crippen molar-refractivity contribution in [2.75, 3.05) is 0 Å². The highest BCUT2D eigenvalue weighted by atomic mass is 16.6. The Labute approximate surface area is 139 Å². The fourth-order valence-electron chi connectivity index (χ4n) is 2.92. The number of hydrogen-bond donors (Lipinski definition) is 1. The fraction of sp³-hybridized carbons (Fsp3) is 0.105. The lowest BCUT2D eigenvalue weighted by Crippen LogP contribution is -2.19. The van der Waals surface area contributed by atoms with Gasteiger partial charge in [0.1, 0.15) is 12.4 Å². The summed E-state index contributed by atoms with van der Waals surface area (Å²) in [5, 5.41) is 2.88. The molecule has 0 saturated carbocycles.